The molecule has 1 amide bonds. The van der Waals surface area contributed by atoms with Gasteiger partial charge in [-0.2, -0.15) is 5.26 Å². The van der Waals surface area contributed by atoms with Gasteiger partial charge in [-0.25, -0.2) is 4.98 Å². The Bertz CT molecular complexity index is 944. The van der Waals surface area contributed by atoms with E-state index in [0.29, 0.717) is 27.7 Å². The van der Waals surface area contributed by atoms with Gasteiger partial charge < -0.3 is 9.47 Å². The maximum absolute atomic E-state index is 12.3. The molecule has 25 heavy (non-hydrogen) atoms. The van der Waals surface area contributed by atoms with E-state index in [1.165, 1.54) is 11.3 Å². The van der Waals surface area contributed by atoms with Gasteiger partial charge in [0, 0.05) is 0 Å². The third kappa shape index (κ3) is 3.70. The van der Waals surface area contributed by atoms with Crippen LogP contribution in [-0.4, -0.2) is 24.1 Å². The number of aromatic nitrogens is 1. The van der Waals surface area contributed by atoms with Crippen molar-refractivity contribution in [3.05, 3.63) is 48.0 Å². The average Bonchev–Trinajstić information content (AvgIpc) is 3.04. The predicted octanol–water partition coefficient (Wildman–Crippen LogP) is 3.58. The SMILES string of the molecule is COc1cccc2sc(NC(=O)C(C)Oc3ccc(C#N)cc3)nc12. The second kappa shape index (κ2) is 7.20. The molecular weight excluding hydrogens is 338 g/mol. The van der Waals surface area contributed by atoms with Gasteiger partial charge in [-0.05, 0) is 43.3 Å². The summed E-state index contributed by atoms with van der Waals surface area (Å²) in [7, 11) is 1.58. The largest absolute Gasteiger partial charge is 0.494 e. The minimum absolute atomic E-state index is 0.303. The lowest BCUT2D eigenvalue weighted by Gasteiger charge is -2.13. The summed E-state index contributed by atoms with van der Waals surface area (Å²) in [5.41, 5.74) is 1.25. The monoisotopic (exact) mass is 353 g/mol. The zero-order valence-corrected chi connectivity index (χ0v) is 14.5. The Morgan fingerprint density at radius 1 is 1.28 bits per heavy atom. The second-order valence-electron chi connectivity index (χ2n) is 5.21. The Morgan fingerprint density at radius 2 is 2.04 bits per heavy atom. The number of nitrogens with one attached hydrogen (secondary N) is 1. The fraction of sp³-hybridized carbons (Fsp3) is 0.167. The summed E-state index contributed by atoms with van der Waals surface area (Å²) in [5, 5.41) is 12.0. The molecule has 0 saturated carbocycles. The van der Waals surface area contributed by atoms with Crippen LogP contribution >= 0.6 is 11.3 Å². The summed E-state index contributed by atoms with van der Waals surface area (Å²) in [4.78, 5) is 16.7. The van der Waals surface area contributed by atoms with E-state index < -0.39 is 6.10 Å². The Balaban J connectivity index is 1.69. The van der Waals surface area contributed by atoms with E-state index in [1.54, 1.807) is 38.3 Å². The number of carbonyl (C=O) groups is 1. The zero-order chi connectivity index (χ0) is 17.8. The number of benzene rings is 2. The first-order chi connectivity index (χ1) is 12.1. The van der Waals surface area contributed by atoms with E-state index in [-0.39, 0.29) is 5.91 Å². The Hall–Kier alpha value is -3.11. The topological polar surface area (TPSA) is 84.2 Å². The highest BCUT2D eigenvalue weighted by atomic mass is 32.1. The third-order valence-corrected chi connectivity index (χ3v) is 4.43. The van der Waals surface area contributed by atoms with Crippen LogP contribution in [0.4, 0.5) is 5.13 Å². The Kier molecular flexibility index (Phi) is 4.82. The van der Waals surface area contributed by atoms with Gasteiger partial charge in [0.15, 0.2) is 11.2 Å². The minimum atomic E-state index is -0.707. The number of thiazole rings is 1. The minimum Gasteiger partial charge on any atom is -0.494 e. The molecule has 1 N–H and O–H groups in total. The van der Waals surface area contributed by atoms with Gasteiger partial charge in [0.05, 0.1) is 23.4 Å². The molecule has 0 fully saturated rings. The molecule has 0 aliphatic rings. The molecule has 3 rings (SSSR count). The predicted molar refractivity (Wildman–Crippen MR) is 96.0 cm³/mol. The number of rotatable bonds is 5. The van der Waals surface area contributed by atoms with Crippen molar-refractivity contribution in [2.45, 2.75) is 13.0 Å². The van der Waals surface area contributed by atoms with E-state index >= 15 is 0 Å². The van der Waals surface area contributed by atoms with Gasteiger partial charge in [0.2, 0.25) is 0 Å². The molecular formula is C18H15N3O3S. The van der Waals surface area contributed by atoms with Crippen LogP contribution in [0.15, 0.2) is 42.5 Å². The number of anilines is 1. The Morgan fingerprint density at radius 3 is 2.72 bits per heavy atom. The number of fused-ring (bicyclic) bond motifs is 1. The first kappa shape index (κ1) is 16.7. The fourth-order valence-corrected chi connectivity index (χ4v) is 3.10. The lowest BCUT2D eigenvalue weighted by Crippen LogP contribution is -2.30. The van der Waals surface area contributed by atoms with Crippen molar-refractivity contribution in [2.75, 3.05) is 12.4 Å². The van der Waals surface area contributed by atoms with Crippen LogP contribution in [0.5, 0.6) is 11.5 Å². The molecule has 6 nitrogen and oxygen atoms in total. The maximum Gasteiger partial charge on any atom is 0.266 e. The van der Waals surface area contributed by atoms with Gasteiger partial charge >= 0.3 is 0 Å². The van der Waals surface area contributed by atoms with Crippen molar-refractivity contribution in [2.24, 2.45) is 0 Å². The standard InChI is InChI=1S/C18H15N3O3S/c1-11(24-13-8-6-12(10-19)7-9-13)17(22)21-18-20-16-14(23-2)4-3-5-15(16)25-18/h3-9,11H,1-2H3,(H,20,21,22). The summed E-state index contributed by atoms with van der Waals surface area (Å²) in [6.45, 7) is 1.65. The number of ether oxygens (including phenoxy) is 2. The van der Waals surface area contributed by atoms with E-state index in [2.05, 4.69) is 10.3 Å². The van der Waals surface area contributed by atoms with Gasteiger partial charge in [0.1, 0.15) is 17.0 Å². The summed E-state index contributed by atoms with van der Waals surface area (Å²) >= 11 is 1.37. The van der Waals surface area contributed by atoms with Crippen LogP contribution in [0.25, 0.3) is 10.2 Å². The number of methoxy groups -OCH3 is 1. The normalized spacial score (nSPS) is 11.6. The molecule has 0 aliphatic carbocycles. The zero-order valence-electron chi connectivity index (χ0n) is 13.6. The Labute approximate surface area is 148 Å². The van der Waals surface area contributed by atoms with Crippen LogP contribution in [-0.2, 0) is 4.79 Å². The number of carbonyl (C=O) groups excluding carboxylic acids is 1. The number of nitriles is 1. The second-order valence-corrected chi connectivity index (χ2v) is 6.24. The summed E-state index contributed by atoms with van der Waals surface area (Å²) in [5.74, 6) is 0.881. The van der Waals surface area contributed by atoms with Gasteiger partial charge in [0.25, 0.3) is 5.91 Å². The smallest absolute Gasteiger partial charge is 0.266 e. The molecule has 1 atom stereocenters. The number of hydrogen-bond acceptors (Lipinski definition) is 6. The summed E-state index contributed by atoms with van der Waals surface area (Å²) < 4.78 is 11.8. The van der Waals surface area contributed by atoms with Crippen molar-refractivity contribution < 1.29 is 14.3 Å². The van der Waals surface area contributed by atoms with Crippen LogP contribution in [0, 0.1) is 11.3 Å². The first-order valence-corrected chi connectivity index (χ1v) is 8.33. The van der Waals surface area contributed by atoms with Crippen molar-refractivity contribution in [3.63, 3.8) is 0 Å². The van der Waals surface area contributed by atoms with Crippen LogP contribution in [0.2, 0.25) is 0 Å². The van der Waals surface area contributed by atoms with E-state index in [0.717, 1.165) is 4.70 Å². The summed E-state index contributed by atoms with van der Waals surface area (Å²) in [6, 6.07) is 14.2. The van der Waals surface area contributed by atoms with E-state index in [4.69, 9.17) is 14.7 Å². The molecule has 0 aliphatic heterocycles. The van der Waals surface area contributed by atoms with E-state index in [9.17, 15) is 4.79 Å². The molecule has 1 unspecified atom stereocenters. The molecule has 1 heterocycles. The number of nitrogens with zero attached hydrogens (tertiary/aromatic N) is 2. The molecule has 0 spiro atoms. The van der Waals surface area contributed by atoms with Gasteiger partial charge in [-0.1, -0.05) is 17.4 Å². The third-order valence-electron chi connectivity index (χ3n) is 3.50. The van der Waals surface area contributed by atoms with Crippen LogP contribution in [0.3, 0.4) is 0 Å². The average molecular weight is 353 g/mol. The first-order valence-electron chi connectivity index (χ1n) is 7.52. The number of hydrogen-bond donors (Lipinski definition) is 1. The number of para-hydroxylation sites is 1. The quantitative estimate of drug-likeness (QED) is 0.758. The highest BCUT2D eigenvalue weighted by Gasteiger charge is 2.17. The highest BCUT2D eigenvalue weighted by molar-refractivity contribution is 7.22. The molecule has 126 valence electrons. The summed E-state index contributed by atoms with van der Waals surface area (Å²) in [6.07, 6.45) is -0.707. The van der Waals surface area contributed by atoms with Crippen molar-refractivity contribution in [1.29, 1.82) is 5.26 Å². The maximum atomic E-state index is 12.3. The lowest BCUT2D eigenvalue weighted by molar-refractivity contribution is -0.122. The van der Waals surface area contributed by atoms with Gasteiger partial charge in [-0.3, -0.25) is 10.1 Å². The molecule has 2 aromatic carbocycles. The van der Waals surface area contributed by atoms with Gasteiger partial charge in [-0.15, -0.1) is 0 Å². The van der Waals surface area contributed by atoms with Crippen molar-refractivity contribution in [3.8, 4) is 17.6 Å². The lowest BCUT2D eigenvalue weighted by atomic mass is 10.2. The van der Waals surface area contributed by atoms with Crippen LogP contribution < -0.4 is 14.8 Å². The number of amides is 1. The molecule has 7 heteroatoms. The molecule has 0 bridgehead atoms. The van der Waals surface area contributed by atoms with Crippen molar-refractivity contribution in [1.82, 2.24) is 4.98 Å². The van der Waals surface area contributed by atoms with Crippen LogP contribution in [0.1, 0.15) is 12.5 Å². The van der Waals surface area contributed by atoms with Crippen molar-refractivity contribution >= 4 is 32.6 Å². The fourth-order valence-electron chi connectivity index (χ4n) is 2.21. The molecule has 1 aromatic heterocycles. The molecule has 3 aromatic rings. The van der Waals surface area contributed by atoms with E-state index in [1.807, 2.05) is 24.3 Å². The highest BCUT2D eigenvalue weighted by Crippen LogP contribution is 2.32. The molecule has 0 saturated heterocycles. The molecule has 0 radical (unpaired) electrons.